The van der Waals surface area contributed by atoms with Crippen LogP contribution in [0.4, 0.5) is 9.39 Å². The molecule has 0 aliphatic heterocycles. The summed E-state index contributed by atoms with van der Waals surface area (Å²) in [6, 6.07) is 2.80. The zero-order chi connectivity index (χ0) is 13.3. The number of methoxy groups -OCH3 is 1. The smallest absolute Gasteiger partial charge is 0.341 e. The third-order valence-corrected chi connectivity index (χ3v) is 3.42. The lowest BCUT2D eigenvalue weighted by Gasteiger charge is -2.04. The molecular formula is C12H11FN2O2S. The Kier molecular flexibility index (Phi) is 3.29. The maximum atomic E-state index is 12.9. The second kappa shape index (κ2) is 4.73. The van der Waals surface area contributed by atoms with Gasteiger partial charge in [0.2, 0.25) is 0 Å². The Labute approximate surface area is 107 Å². The quantitative estimate of drug-likeness (QED) is 0.849. The van der Waals surface area contributed by atoms with Crippen molar-refractivity contribution in [2.75, 3.05) is 12.8 Å². The van der Waals surface area contributed by atoms with Crippen LogP contribution in [0.5, 0.6) is 0 Å². The monoisotopic (exact) mass is 266 g/mol. The number of nitrogens with two attached hydrogens (primary N) is 1. The molecule has 0 aromatic carbocycles. The van der Waals surface area contributed by atoms with Crippen LogP contribution in [0.15, 0.2) is 18.3 Å². The predicted molar refractivity (Wildman–Crippen MR) is 68.0 cm³/mol. The van der Waals surface area contributed by atoms with Gasteiger partial charge in [-0.15, -0.1) is 11.3 Å². The van der Waals surface area contributed by atoms with Gasteiger partial charge in [-0.05, 0) is 19.1 Å². The zero-order valence-corrected chi connectivity index (χ0v) is 10.7. The number of rotatable bonds is 2. The zero-order valence-electron chi connectivity index (χ0n) is 9.86. The van der Waals surface area contributed by atoms with Gasteiger partial charge < -0.3 is 10.5 Å². The number of thiophene rings is 1. The Hall–Kier alpha value is -1.95. The first-order chi connectivity index (χ1) is 8.54. The predicted octanol–water partition coefficient (Wildman–Crippen LogP) is 2.63. The van der Waals surface area contributed by atoms with Gasteiger partial charge in [0.1, 0.15) is 16.4 Å². The van der Waals surface area contributed by atoms with Crippen LogP contribution in [0.25, 0.3) is 11.3 Å². The number of carbonyl (C=O) groups excluding carboxylic acids is 1. The average Bonchev–Trinajstić information content (AvgIpc) is 2.64. The Morgan fingerprint density at radius 3 is 2.78 bits per heavy atom. The van der Waals surface area contributed by atoms with Crippen LogP contribution in [0.2, 0.25) is 0 Å². The maximum Gasteiger partial charge on any atom is 0.341 e. The highest BCUT2D eigenvalue weighted by Gasteiger charge is 2.23. The van der Waals surface area contributed by atoms with Gasteiger partial charge in [-0.25, -0.2) is 9.18 Å². The molecule has 94 valence electrons. The molecule has 0 spiro atoms. The van der Waals surface area contributed by atoms with Gasteiger partial charge in [-0.3, -0.25) is 4.98 Å². The molecule has 0 atom stereocenters. The number of nitrogen functional groups attached to an aromatic ring is 1. The minimum Gasteiger partial charge on any atom is -0.465 e. The van der Waals surface area contributed by atoms with E-state index in [9.17, 15) is 9.18 Å². The summed E-state index contributed by atoms with van der Waals surface area (Å²) in [5.41, 5.74) is 7.20. The Morgan fingerprint density at radius 1 is 1.50 bits per heavy atom. The van der Waals surface area contributed by atoms with Crippen molar-refractivity contribution >= 4 is 22.3 Å². The summed E-state index contributed by atoms with van der Waals surface area (Å²) >= 11 is 1.28. The first kappa shape index (κ1) is 12.5. The van der Waals surface area contributed by atoms with E-state index in [0.29, 0.717) is 21.8 Å². The molecular weight excluding hydrogens is 255 g/mol. The Morgan fingerprint density at radius 2 is 2.22 bits per heavy atom. The third kappa shape index (κ3) is 2.06. The van der Waals surface area contributed by atoms with Crippen molar-refractivity contribution in [1.29, 1.82) is 0 Å². The molecule has 4 nitrogen and oxygen atoms in total. The molecule has 0 radical (unpaired) electrons. The summed E-state index contributed by atoms with van der Waals surface area (Å²) in [6.45, 7) is 1.83. The topological polar surface area (TPSA) is 65.2 Å². The number of ether oxygens (including phenoxy) is 1. The number of carbonyl (C=O) groups is 1. The van der Waals surface area contributed by atoms with E-state index >= 15 is 0 Å². The summed E-state index contributed by atoms with van der Waals surface area (Å²) < 4.78 is 17.6. The van der Waals surface area contributed by atoms with Crippen LogP contribution >= 0.6 is 11.3 Å². The van der Waals surface area contributed by atoms with Crippen LogP contribution < -0.4 is 5.73 Å². The summed E-state index contributed by atoms with van der Waals surface area (Å²) in [5.74, 6) is -0.947. The van der Waals surface area contributed by atoms with Crippen LogP contribution in [0.3, 0.4) is 0 Å². The summed E-state index contributed by atoms with van der Waals surface area (Å²) in [7, 11) is 1.29. The molecule has 2 heterocycles. The van der Waals surface area contributed by atoms with Crippen molar-refractivity contribution in [3.63, 3.8) is 0 Å². The SMILES string of the molecule is COC(=O)c1c(N)sc(C)c1-c1ccc(F)cn1. The lowest BCUT2D eigenvalue weighted by atomic mass is 10.1. The molecule has 2 aromatic heterocycles. The lowest BCUT2D eigenvalue weighted by molar-refractivity contribution is 0.0603. The number of halogens is 1. The minimum absolute atomic E-state index is 0.291. The lowest BCUT2D eigenvalue weighted by Crippen LogP contribution is -2.05. The third-order valence-electron chi connectivity index (χ3n) is 2.48. The van der Waals surface area contributed by atoms with Gasteiger partial charge in [0.15, 0.2) is 0 Å². The number of hydrogen-bond donors (Lipinski definition) is 1. The number of nitrogens with zero attached hydrogens (tertiary/aromatic N) is 1. The molecule has 0 aliphatic carbocycles. The van der Waals surface area contributed by atoms with Crippen molar-refractivity contribution in [1.82, 2.24) is 4.98 Å². The Bertz CT molecular complexity index is 593. The molecule has 0 aliphatic rings. The van der Waals surface area contributed by atoms with E-state index in [4.69, 9.17) is 10.5 Å². The summed E-state index contributed by atoms with van der Waals surface area (Å²) in [6.07, 6.45) is 1.10. The first-order valence-electron chi connectivity index (χ1n) is 5.13. The number of anilines is 1. The van der Waals surface area contributed by atoms with Crippen molar-refractivity contribution in [3.8, 4) is 11.3 Å². The first-order valence-corrected chi connectivity index (χ1v) is 5.95. The highest BCUT2D eigenvalue weighted by atomic mass is 32.1. The molecule has 0 bridgehead atoms. The van der Waals surface area contributed by atoms with E-state index in [1.807, 2.05) is 6.92 Å². The van der Waals surface area contributed by atoms with Crippen molar-refractivity contribution < 1.29 is 13.9 Å². The van der Waals surface area contributed by atoms with Gasteiger partial charge in [-0.1, -0.05) is 0 Å². The minimum atomic E-state index is -0.516. The molecule has 0 saturated carbocycles. The van der Waals surface area contributed by atoms with Gasteiger partial charge in [-0.2, -0.15) is 0 Å². The van der Waals surface area contributed by atoms with E-state index in [0.717, 1.165) is 11.1 Å². The number of aryl methyl sites for hydroxylation is 1. The van der Waals surface area contributed by atoms with E-state index in [2.05, 4.69) is 4.98 Å². The number of esters is 1. The second-order valence-corrected chi connectivity index (χ2v) is 4.88. The summed E-state index contributed by atoms with van der Waals surface area (Å²) in [5, 5.41) is 0.375. The maximum absolute atomic E-state index is 12.9. The fourth-order valence-corrected chi connectivity index (χ4v) is 2.63. The molecule has 2 rings (SSSR count). The van der Waals surface area contributed by atoms with Crippen molar-refractivity contribution in [2.24, 2.45) is 0 Å². The van der Waals surface area contributed by atoms with Gasteiger partial charge in [0, 0.05) is 10.4 Å². The second-order valence-electron chi connectivity index (χ2n) is 3.63. The van der Waals surface area contributed by atoms with Gasteiger partial charge in [0.25, 0.3) is 0 Å². The largest absolute Gasteiger partial charge is 0.465 e. The van der Waals surface area contributed by atoms with E-state index < -0.39 is 11.8 Å². The van der Waals surface area contributed by atoms with Crippen molar-refractivity contribution in [2.45, 2.75) is 6.92 Å². The highest BCUT2D eigenvalue weighted by Crippen LogP contribution is 2.37. The average molecular weight is 266 g/mol. The summed E-state index contributed by atoms with van der Waals surface area (Å²) in [4.78, 5) is 16.5. The van der Waals surface area contributed by atoms with Crippen LogP contribution in [0.1, 0.15) is 15.2 Å². The van der Waals surface area contributed by atoms with Crippen molar-refractivity contribution in [3.05, 3.63) is 34.6 Å². The molecule has 0 amide bonds. The van der Waals surface area contributed by atoms with Gasteiger partial charge >= 0.3 is 5.97 Å². The number of pyridine rings is 1. The molecule has 0 unspecified atom stereocenters. The fraction of sp³-hybridized carbons (Fsp3) is 0.167. The number of hydrogen-bond acceptors (Lipinski definition) is 5. The molecule has 6 heteroatoms. The fourth-order valence-electron chi connectivity index (χ4n) is 1.70. The standard InChI is InChI=1S/C12H11FN2O2S/c1-6-9(8-4-3-7(13)5-15-8)10(11(14)18-6)12(16)17-2/h3-5H,14H2,1-2H3. The highest BCUT2D eigenvalue weighted by molar-refractivity contribution is 7.16. The van der Waals surface area contributed by atoms with E-state index in [-0.39, 0.29) is 0 Å². The van der Waals surface area contributed by atoms with Gasteiger partial charge in [0.05, 0.1) is 19.0 Å². The number of aromatic nitrogens is 1. The van der Waals surface area contributed by atoms with Crippen LogP contribution in [-0.4, -0.2) is 18.1 Å². The normalized spacial score (nSPS) is 10.4. The molecule has 0 fully saturated rings. The molecule has 2 aromatic rings. The van der Waals surface area contributed by atoms with Crippen LogP contribution in [-0.2, 0) is 4.74 Å². The van der Waals surface area contributed by atoms with E-state index in [1.54, 1.807) is 0 Å². The molecule has 18 heavy (non-hydrogen) atoms. The molecule has 2 N–H and O–H groups in total. The van der Waals surface area contributed by atoms with Crippen LogP contribution in [0, 0.1) is 12.7 Å². The van der Waals surface area contributed by atoms with E-state index in [1.165, 1.54) is 30.6 Å². The Balaban J connectivity index is 2.63. The molecule has 0 saturated heterocycles.